The van der Waals surface area contributed by atoms with Crippen molar-refractivity contribution in [1.29, 1.82) is 0 Å². The lowest BCUT2D eigenvalue weighted by Crippen LogP contribution is -2.29. The number of amides is 1. The minimum absolute atomic E-state index is 0.00278. The zero-order valence-corrected chi connectivity index (χ0v) is 17.1. The first kappa shape index (κ1) is 19.4. The Hall–Kier alpha value is -2.87. The third kappa shape index (κ3) is 3.85. The van der Waals surface area contributed by atoms with Crippen molar-refractivity contribution in [3.8, 4) is 5.75 Å². The minimum atomic E-state index is -3.75. The molecule has 0 aromatic heterocycles. The molecular weight excluding hydrogens is 390 g/mol. The number of benzene rings is 2. The summed E-state index contributed by atoms with van der Waals surface area (Å²) in [4.78, 5) is 17.1. The summed E-state index contributed by atoms with van der Waals surface area (Å²) in [5, 5.41) is 2.78. The fourth-order valence-corrected chi connectivity index (χ4v) is 4.68. The molecule has 2 aromatic rings. The van der Waals surface area contributed by atoms with Gasteiger partial charge in [-0.25, -0.2) is 8.42 Å². The van der Waals surface area contributed by atoms with Gasteiger partial charge in [0.25, 0.3) is 15.9 Å². The lowest BCUT2D eigenvalue weighted by Gasteiger charge is -2.12. The van der Waals surface area contributed by atoms with E-state index in [0.717, 1.165) is 12.0 Å². The molecule has 4 rings (SSSR count). The van der Waals surface area contributed by atoms with Crippen molar-refractivity contribution in [2.75, 3.05) is 11.9 Å². The molecule has 2 atom stereocenters. The highest BCUT2D eigenvalue weighted by atomic mass is 32.2. The molecule has 0 saturated heterocycles. The molecule has 0 saturated carbocycles. The number of hydrogen-bond donors (Lipinski definition) is 2. The highest BCUT2D eigenvalue weighted by molar-refractivity contribution is 7.90. The molecule has 2 heterocycles. The quantitative estimate of drug-likeness (QED) is 0.804. The minimum Gasteiger partial charge on any atom is -0.489 e. The van der Waals surface area contributed by atoms with Crippen molar-refractivity contribution in [1.82, 2.24) is 4.72 Å². The van der Waals surface area contributed by atoms with E-state index in [0.29, 0.717) is 35.8 Å². The predicted molar refractivity (Wildman–Crippen MR) is 111 cm³/mol. The summed E-state index contributed by atoms with van der Waals surface area (Å²) in [5.74, 6) is 0.927. The Morgan fingerprint density at radius 3 is 2.72 bits per heavy atom. The number of carbonyl (C=O) groups excluding carboxylic acids is 1. The molecule has 2 aromatic carbocycles. The van der Waals surface area contributed by atoms with E-state index in [1.54, 1.807) is 18.2 Å². The molecule has 0 unspecified atom stereocenters. The maximum Gasteiger partial charge on any atom is 0.262 e. The van der Waals surface area contributed by atoms with Crippen LogP contribution >= 0.6 is 0 Å². The van der Waals surface area contributed by atoms with Gasteiger partial charge in [-0.1, -0.05) is 25.1 Å². The van der Waals surface area contributed by atoms with Gasteiger partial charge in [-0.15, -0.1) is 0 Å². The maximum atomic E-state index is 12.9. The maximum absolute atomic E-state index is 12.9. The Labute approximate surface area is 170 Å². The molecule has 152 valence electrons. The Kier molecular flexibility index (Phi) is 5.04. The molecule has 2 N–H and O–H groups in total. The Bertz CT molecular complexity index is 1090. The fourth-order valence-electron chi connectivity index (χ4n) is 3.54. The van der Waals surface area contributed by atoms with Crippen LogP contribution in [-0.2, 0) is 10.0 Å². The van der Waals surface area contributed by atoms with Crippen molar-refractivity contribution < 1.29 is 17.9 Å². The van der Waals surface area contributed by atoms with Gasteiger partial charge in [-0.3, -0.25) is 14.5 Å². The van der Waals surface area contributed by atoms with Crippen LogP contribution < -0.4 is 14.8 Å². The third-order valence-electron chi connectivity index (χ3n) is 5.32. The molecule has 2 aliphatic rings. The molecule has 0 fully saturated rings. The summed E-state index contributed by atoms with van der Waals surface area (Å²) in [6.45, 7) is 4.67. The monoisotopic (exact) mass is 413 g/mol. The van der Waals surface area contributed by atoms with Gasteiger partial charge >= 0.3 is 0 Å². The average Bonchev–Trinajstić information content (AvgIpc) is 3.29. The normalized spacial score (nSPS) is 20.6. The highest BCUT2D eigenvalue weighted by Crippen LogP contribution is 2.40. The first-order valence-electron chi connectivity index (χ1n) is 9.62. The van der Waals surface area contributed by atoms with Gasteiger partial charge < -0.3 is 10.1 Å². The highest BCUT2D eigenvalue weighted by Gasteiger charge is 2.31. The second-order valence-electron chi connectivity index (χ2n) is 7.35. The zero-order chi connectivity index (χ0) is 20.6. The van der Waals surface area contributed by atoms with Gasteiger partial charge in [-0.2, -0.15) is 0 Å². The van der Waals surface area contributed by atoms with Gasteiger partial charge in [0, 0.05) is 30.1 Å². The first-order valence-corrected chi connectivity index (χ1v) is 11.1. The SMILES string of the molecule is C[C@@H]1c2cccc(C(=O)Nc3cccc(S(=O)(=O)NC4=NCCC4)c3)c2O[C@@H]1C. The molecule has 0 spiro atoms. The van der Waals surface area contributed by atoms with Crippen LogP contribution in [0.4, 0.5) is 5.69 Å². The van der Waals surface area contributed by atoms with Gasteiger partial charge in [0.05, 0.1) is 10.5 Å². The number of hydrogen-bond acceptors (Lipinski definition) is 5. The van der Waals surface area contributed by atoms with E-state index in [4.69, 9.17) is 4.74 Å². The number of carbonyl (C=O) groups is 1. The summed E-state index contributed by atoms with van der Waals surface area (Å²) >= 11 is 0. The van der Waals surface area contributed by atoms with Crippen molar-refractivity contribution in [3.05, 3.63) is 53.6 Å². The van der Waals surface area contributed by atoms with Gasteiger partial charge in [0.15, 0.2) is 0 Å². The second-order valence-corrected chi connectivity index (χ2v) is 9.04. The topological polar surface area (TPSA) is 96.9 Å². The lowest BCUT2D eigenvalue weighted by atomic mass is 9.97. The molecule has 7 nitrogen and oxygen atoms in total. The number of fused-ring (bicyclic) bond motifs is 1. The average molecular weight is 413 g/mol. The Balaban J connectivity index is 1.56. The summed E-state index contributed by atoms with van der Waals surface area (Å²) < 4.78 is 33.6. The number of nitrogens with zero attached hydrogens (tertiary/aromatic N) is 1. The van der Waals surface area contributed by atoms with E-state index in [1.807, 2.05) is 19.1 Å². The Morgan fingerprint density at radius 1 is 1.17 bits per heavy atom. The Morgan fingerprint density at radius 2 is 1.97 bits per heavy atom. The van der Waals surface area contributed by atoms with Crippen LogP contribution in [-0.4, -0.2) is 32.8 Å². The lowest BCUT2D eigenvalue weighted by molar-refractivity contribution is 0.102. The van der Waals surface area contributed by atoms with Crippen LogP contribution in [0.5, 0.6) is 5.75 Å². The van der Waals surface area contributed by atoms with Crippen LogP contribution in [0.25, 0.3) is 0 Å². The molecule has 29 heavy (non-hydrogen) atoms. The zero-order valence-electron chi connectivity index (χ0n) is 16.3. The molecule has 8 heteroatoms. The molecule has 1 amide bonds. The van der Waals surface area contributed by atoms with E-state index < -0.39 is 10.0 Å². The number of anilines is 1. The van der Waals surface area contributed by atoms with Crippen LogP contribution in [0.1, 0.15) is 48.5 Å². The van der Waals surface area contributed by atoms with E-state index in [-0.39, 0.29) is 22.8 Å². The van der Waals surface area contributed by atoms with Crippen LogP contribution in [0.3, 0.4) is 0 Å². The molecular formula is C21H23N3O4S. The van der Waals surface area contributed by atoms with E-state index in [2.05, 4.69) is 22.0 Å². The van der Waals surface area contributed by atoms with Crippen LogP contribution in [0.2, 0.25) is 0 Å². The molecule has 2 aliphatic heterocycles. The van der Waals surface area contributed by atoms with Crippen molar-refractivity contribution in [2.45, 2.75) is 43.6 Å². The summed E-state index contributed by atoms with van der Waals surface area (Å²) in [6.07, 6.45) is 1.46. The summed E-state index contributed by atoms with van der Waals surface area (Å²) in [7, 11) is -3.75. The number of rotatable bonds is 4. The first-order chi connectivity index (χ1) is 13.8. The van der Waals surface area contributed by atoms with Crippen LogP contribution in [0, 0.1) is 0 Å². The number of amidine groups is 1. The van der Waals surface area contributed by atoms with Gasteiger partial charge in [0.1, 0.15) is 17.7 Å². The number of sulfonamides is 1. The van der Waals surface area contributed by atoms with E-state index >= 15 is 0 Å². The summed E-state index contributed by atoms with van der Waals surface area (Å²) in [5.41, 5.74) is 1.83. The van der Waals surface area contributed by atoms with Crippen molar-refractivity contribution in [3.63, 3.8) is 0 Å². The predicted octanol–water partition coefficient (Wildman–Crippen LogP) is 3.29. The standard InChI is InChI=1S/C21H23N3O4S/c1-13-14(2)28-20-17(13)8-4-9-18(20)21(25)23-15-6-3-7-16(12-15)29(26,27)24-19-10-5-11-22-19/h3-4,6-9,12-14H,5,10-11H2,1-2H3,(H,22,24)(H,23,25)/t13-,14+/m0/s1. The van der Waals surface area contributed by atoms with E-state index in [9.17, 15) is 13.2 Å². The summed E-state index contributed by atoms with van der Waals surface area (Å²) in [6, 6.07) is 11.7. The van der Waals surface area contributed by atoms with Crippen molar-refractivity contribution in [2.24, 2.45) is 4.99 Å². The number of para-hydroxylation sites is 1. The second kappa shape index (κ2) is 7.51. The number of aliphatic imine (C=N–C) groups is 1. The number of nitrogens with one attached hydrogen (secondary N) is 2. The molecule has 0 aliphatic carbocycles. The van der Waals surface area contributed by atoms with E-state index in [1.165, 1.54) is 12.1 Å². The largest absolute Gasteiger partial charge is 0.489 e. The van der Waals surface area contributed by atoms with Gasteiger partial charge in [-0.05, 0) is 37.6 Å². The van der Waals surface area contributed by atoms with Gasteiger partial charge in [0.2, 0.25) is 0 Å². The molecule has 0 radical (unpaired) electrons. The fraction of sp³-hybridized carbons (Fsp3) is 0.333. The smallest absolute Gasteiger partial charge is 0.262 e. The van der Waals surface area contributed by atoms with Crippen LogP contribution in [0.15, 0.2) is 52.4 Å². The third-order valence-corrected chi connectivity index (χ3v) is 6.70. The van der Waals surface area contributed by atoms with Crippen molar-refractivity contribution >= 4 is 27.5 Å². The molecule has 0 bridgehead atoms. The number of ether oxygens (including phenoxy) is 1.